The molecule has 128 valence electrons. The van der Waals surface area contributed by atoms with Gasteiger partial charge in [-0.25, -0.2) is 4.79 Å². The van der Waals surface area contributed by atoms with Crippen LogP contribution in [0.1, 0.15) is 42.5 Å². The van der Waals surface area contributed by atoms with E-state index in [9.17, 15) is 9.59 Å². The third kappa shape index (κ3) is 4.32. The molecule has 2 aliphatic heterocycles. The Morgan fingerprint density at radius 3 is 2.67 bits per heavy atom. The van der Waals surface area contributed by atoms with Crippen molar-refractivity contribution < 1.29 is 19.2 Å². The van der Waals surface area contributed by atoms with Gasteiger partial charge in [-0.3, -0.25) is 4.79 Å². The number of fused-ring (bicyclic) bond motifs is 1. The van der Waals surface area contributed by atoms with Gasteiger partial charge in [-0.15, -0.1) is 0 Å². The molecular weight excluding hydrogens is 302 g/mol. The van der Waals surface area contributed by atoms with Crippen molar-refractivity contribution in [1.82, 2.24) is 0 Å². The lowest BCUT2D eigenvalue weighted by Crippen LogP contribution is -3.18. The summed E-state index contributed by atoms with van der Waals surface area (Å²) in [7, 11) is 0. The first-order valence-corrected chi connectivity index (χ1v) is 9.03. The average Bonchev–Trinajstić information content (AvgIpc) is 2.65. The Hall–Kier alpha value is -1.94. The van der Waals surface area contributed by atoms with Crippen molar-refractivity contribution in [3.63, 3.8) is 0 Å². The van der Waals surface area contributed by atoms with Crippen LogP contribution in [0, 0.1) is 5.92 Å². The monoisotopic (exact) mass is 328 g/mol. The molecular formula is C20H26NO3+. The molecule has 1 N–H and O–H groups in total. The molecule has 2 aliphatic rings. The van der Waals surface area contributed by atoms with Gasteiger partial charge in [0.2, 0.25) is 0 Å². The van der Waals surface area contributed by atoms with Crippen LogP contribution < -0.4 is 4.90 Å². The summed E-state index contributed by atoms with van der Waals surface area (Å²) in [6.45, 7) is 3.01. The van der Waals surface area contributed by atoms with E-state index >= 15 is 0 Å². The number of hydrogen-bond acceptors (Lipinski definition) is 3. The molecule has 4 heteroatoms. The van der Waals surface area contributed by atoms with Gasteiger partial charge < -0.3 is 9.64 Å². The van der Waals surface area contributed by atoms with Crippen LogP contribution in [0.2, 0.25) is 0 Å². The maximum atomic E-state index is 11.9. The van der Waals surface area contributed by atoms with Gasteiger partial charge in [-0.2, -0.15) is 0 Å². The van der Waals surface area contributed by atoms with Crippen molar-refractivity contribution in [2.45, 2.75) is 38.1 Å². The van der Waals surface area contributed by atoms with Gasteiger partial charge in [-0.05, 0) is 38.2 Å². The summed E-state index contributed by atoms with van der Waals surface area (Å²) in [5, 5.41) is 0. The molecule has 0 bridgehead atoms. The molecule has 0 amide bonds. The van der Waals surface area contributed by atoms with Crippen LogP contribution in [0.15, 0.2) is 42.5 Å². The summed E-state index contributed by atoms with van der Waals surface area (Å²) in [6, 6.07) is 9.59. The van der Waals surface area contributed by atoms with E-state index in [4.69, 9.17) is 4.74 Å². The summed E-state index contributed by atoms with van der Waals surface area (Å²) < 4.78 is 5.43. The van der Waals surface area contributed by atoms with E-state index in [0.29, 0.717) is 24.1 Å². The van der Waals surface area contributed by atoms with E-state index in [0.717, 1.165) is 6.42 Å². The topological polar surface area (TPSA) is 47.8 Å². The van der Waals surface area contributed by atoms with Gasteiger partial charge in [0, 0.05) is 17.6 Å². The minimum atomic E-state index is -0.415. The van der Waals surface area contributed by atoms with E-state index in [1.165, 1.54) is 50.9 Å². The van der Waals surface area contributed by atoms with Crippen molar-refractivity contribution in [3.05, 3.63) is 48.0 Å². The molecule has 3 rings (SSSR count). The molecule has 2 fully saturated rings. The molecule has 1 aromatic rings. The number of carbonyl (C=O) groups is 2. The second kappa shape index (κ2) is 8.25. The van der Waals surface area contributed by atoms with Crippen LogP contribution in [-0.2, 0) is 9.53 Å². The van der Waals surface area contributed by atoms with Crippen molar-refractivity contribution >= 4 is 11.8 Å². The van der Waals surface area contributed by atoms with Gasteiger partial charge in [0.05, 0.1) is 19.1 Å². The van der Waals surface area contributed by atoms with Gasteiger partial charge in [0.1, 0.15) is 6.61 Å². The predicted octanol–water partition coefficient (Wildman–Crippen LogP) is 1.82. The van der Waals surface area contributed by atoms with Crippen molar-refractivity contribution in [3.8, 4) is 0 Å². The van der Waals surface area contributed by atoms with E-state index < -0.39 is 5.97 Å². The molecule has 3 atom stereocenters. The number of nitrogens with one attached hydrogen (secondary N) is 1. The van der Waals surface area contributed by atoms with Crippen LogP contribution in [0.5, 0.6) is 0 Å². The lowest BCUT2D eigenvalue weighted by Gasteiger charge is -2.40. The fourth-order valence-electron chi connectivity index (χ4n) is 4.06. The zero-order chi connectivity index (χ0) is 16.8. The highest BCUT2D eigenvalue weighted by molar-refractivity contribution is 6.06. The standard InChI is InChI=1S/C20H25NO3/c22-19(16-7-2-1-3-8-16)11-12-20(23)24-15-17-9-6-14-21-13-5-4-10-18(17)21/h1-3,7-8,11-12,17-18H,4-6,9-10,13-15H2/p+1/b12-11+/t17-,18-/m1/s1. The van der Waals surface area contributed by atoms with Gasteiger partial charge in [0.15, 0.2) is 5.78 Å². The van der Waals surface area contributed by atoms with Crippen molar-refractivity contribution in [2.24, 2.45) is 5.92 Å². The number of allylic oxidation sites excluding steroid dienone is 1. The van der Waals surface area contributed by atoms with Crippen molar-refractivity contribution in [1.29, 1.82) is 0 Å². The van der Waals surface area contributed by atoms with Gasteiger partial charge in [-0.1, -0.05) is 30.3 Å². The maximum absolute atomic E-state index is 11.9. The Morgan fingerprint density at radius 1 is 1.04 bits per heavy atom. The third-order valence-corrected chi connectivity index (χ3v) is 5.30. The number of piperidine rings is 2. The van der Waals surface area contributed by atoms with E-state index in [2.05, 4.69) is 0 Å². The number of ketones is 1. The zero-order valence-corrected chi connectivity index (χ0v) is 14.1. The Kier molecular flexibility index (Phi) is 5.81. The number of rotatable bonds is 5. The largest absolute Gasteiger partial charge is 0.462 e. The normalized spacial score (nSPS) is 26.8. The Bertz CT molecular complexity index is 594. The van der Waals surface area contributed by atoms with Crippen LogP contribution in [0.3, 0.4) is 0 Å². The van der Waals surface area contributed by atoms with Crippen LogP contribution in [0.25, 0.3) is 0 Å². The lowest BCUT2D eigenvalue weighted by atomic mass is 9.84. The smallest absolute Gasteiger partial charge is 0.330 e. The first-order valence-electron chi connectivity index (χ1n) is 9.03. The summed E-state index contributed by atoms with van der Waals surface area (Å²) >= 11 is 0. The molecule has 1 aromatic carbocycles. The van der Waals surface area contributed by atoms with Crippen molar-refractivity contribution in [2.75, 3.05) is 19.7 Å². The first-order chi connectivity index (χ1) is 11.7. The number of ether oxygens (including phenoxy) is 1. The highest BCUT2D eigenvalue weighted by Gasteiger charge is 2.36. The highest BCUT2D eigenvalue weighted by atomic mass is 16.5. The summed E-state index contributed by atoms with van der Waals surface area (Å²) in [5.41, 5.74) is 0.579. The zero-order valence-electron chi connectivity index (χ0n) is 14.1. The summed E-state index contributed by atoms with van der Waals surface area (Å²) in [4.78, 5) is 25.6. The number of carbonyl (C=O) groups excluding carboxylic acids is 2. The summed E-state index contributed by atoms with van der Waals surface area (Å²) in [6.07, 6.45) is 8.79. The Labute approximate surface area is 143 Å². The first kappa shape index (κ1) is 16.9. The quantitative estimate of drug-likeness (QED) is 0.509. The van der Waals surface area contributed by atoms with E-state index in [-0.39, 0.29) is 5.78 Å². The molecule has 0 radical (unpaired) electrons. The number of hydrogen-bond donors (Lipinski definition) is 1. The van der Waals surface area contributed by atoms with Crippen LogP contribution >= 0.6 is 0 Å². The number of quaternary nitrogens is 1. The van der Waals surface area contributed by atoms with E-state index in [1.807, 2.05) is 6.07 Å². The molecule has 4 nitrogen and oxygen atoms in total. The molecule has 0 aromatic heterocycles. The predicted molar refractivity (Wildman–Crippen MR) is 91.9 cm³/mol. The van der Waals surface area contributed by atoms with Crippen LogP contribution in [0.4, 0.5) is 0 Å². The number of esters is 1. The number of benzene rings is 1. The second-order valence-corrected chi connectivity index (χ2v) is 6.86. The fraction of sp³-hybridized carbons (Fsp3) is 0.500. The second-order valence-electron chi connectivity index (χ2n) is 6.86. The Balaban J connectivity index is 1.48. The fourth-order valence-corrected chi connectivity index (χ4v) is 4.06. The van der Waals surface area contributed by atoms with Gasteiger partial charge >= 0.3 is 5.97 Å². The minimum absolute atomic E-state index is 0.173. The molecule has 2 heterocycles. The molecule has 2 saturated heterocycles. The minimum Gasteiger partial charge on any atom is -0.462 e. The molecule has 1 unspecified atom stereocenters. The average molecular weight is 328 g/mol. The lowest BCUT2D eigenvalue weighted by molar-refractivity contribution is -0.940. The molecule has 24 heavy (non-hydrogen) atoms. The molecule has 0 aliphatic carbocycles. The molecule has 0 saturated carbocycles. The SMILES string of the molecule is O=C(/C=C/C(=O)c1ccccc1)OC[C@H]1CCC[NH+]2CCCC[C@H]12. The Morgan fingerprint density at radius 2 is 1.83 bits per heavy atom. The van der Waals surface area contributed by atoms with Gasteiger partial charge in [0.25, 0.3) is 0 Å². The maximum Gasteiger partial charge on any atom is 0.330 e. The van der Waals surface area contributed by atoms with E-state index in [1.54, 1.807) is 29.2 Å². The molecule has 0 spiro atoms. The summed E-state index contributed by atoms with van der Waals surface area (Å²) in [5.74, 6) is -0.119. The highest BCUT2D eigenvalue weighted by Crippen LogP contribution is 2.20. The third-order valence-electron chi connectivity index (χ3n) is 5.30. The van der Waals surface area contributed by atoms with Crippen LogP contribution in [-0.4, -0.2) is 37.5 Å².